The van der Waals surface area contributed by atoms with E-state index in [1.54, 1.807) is 0 Å². The van der Waals surface area contributed by atoms with Gasteiger partial charge in [-0.2, -0.15) is 0 Å². The molecule has 1 aliphatic rings. The van der Waals surface area contributed by atoms with Gasteiger partial charge in [0.15, 0.2) is 0 Å². The molecule has 1 rings (SSSR count). The van der Waals surface area contributed by atoms with Crippen molar-refractivity contribution in [2.45, 2.75) is 12.5 Å². The van der Waals surface area contributed by atoms with Crippen LogP contribution < -0.4 is 5.32 Å². The Labute approximate surface area is 54.9 Å². The van der Waals surface area contributed by atoms with Gasteiger partial charge in [0.25, 0.3) is 0 Å². The van der Waals surface area contributed by atoms with Crippen molar-refractivity contribution in [2.24, 2.45) is 0 Å². The van der Waals surface area contributed by atoms with Crippen LogP contribution in [-0.4, -0.2) is 17.3 Å². The maximum Gasteiger partial charge on any atom is 0.0756 e. The van der Waals surface area contributed by atoms with Gasteiger partial charge >= 0.3 is 0 Å². The van der Waals surface area contributed by atoms with E-state index in [1.165, 1.54) is 0 Å². The summed E-state index contributed by atoms with van der Waals surface area (Å²) in [5.41, 5.74) is -0.241. The van der Waals surface area contributed by atoms with Crippen molar-refractivity contribution in [3.63, 3.8) is 0 Å². The first-order valence-electron chi connectivity index (χ1n) is 3.00. The average molecular weight is 125 g/mol. The fraction of sp³-hybridized carbons (Fsp3) is 0.429. The zero-order valence-electron chi connectivity index (χ0n) is 5.46. The minimum atomic E-state index is -0.241. The Morgan fingerprint density at radius 3 is 2.67 bits per heavy atom. The van der Waals surface area contributed by atoms with Gasteiger partial charge < -0.3 is 10.4 Å². The Kier molecular flexibility index (Phi) is 1.58. The zero-order valence-corrected chi connectivity index (χ0v) is 5.46. The molecule has 0 aromatic carbocycles. The lowest BCUT2D eigenvalue weighted by molar-refractivity contribution is 0.220. The first-order valence-corrected chi connectivity index (χ1v) is 3.00. The SMILES string of the molecule is C[C@]1(CO)C=CC=CN1. The van der Waals surface area contributed by atoms with Gasteiger partial charge in [-0.3, -0.25) is 0 Å². The van der Waals surface area contributed by atoms with Crippen molar-refractivity contribution in [3.05, 3.63) is 24.4 Å². The van der Waals surface area contributed by atoms with Crippen LogP contribution in [-0.2, 0) is 0 Å². The summed E-state index contributed by atoms with van der Waals surface area (Å²) >= 11 is 0. The van der Waals surface area contributed by atoms with Gasteiger partial charge in [-0.15, -0.1) is 0 Å². The van der Waals surface area contributed by atoms with Crippen LogP contribution in [0, 0.1) is 0 Å². The lowest BCUT2D eigenvalue weighted by atomic mass is 10.0. The van der Waals surface area contributed by atoms with Crippen molar-refractivity contribution >= 4 is 0 Å². The molecule has 0 amide bonds. The molecule has 0 unspecified atom stereocenters. The van der Waals surface area contributed by atoms with Gasteiger partial charge in [-0.1, -0.05) is 12.2 Å². The van der Waals surface area contributed by atoms with Crippen molar-refractivity contribution in [1.29, 1.82) is 0 Å². The van der Waals surface area contributed by atoms with Gasteiger partial charge in [-0.25, -0.2) is 0 Å². The highest BCUT2D eigenvalue weighted by Gasteiger charge is 2.17. The molecule has 1 aliphatic heterocycles. The summed E-state index contributed by atoms with van der Waals surface area (Å²) in [4.78, 5) is 0. The van der Waals surface area contributed by atoms with E-state index in [4.69, 9.17) is 5.11 Å². The maximum atomic E-state index is 8.80. The molecule has 2 heteroatoms. The van der Waals surface area contributed by atoms with Crippen molar-refractivity contribution in [1.82, 2.24) is 5.32 Å². The van der Waals surface area contributed by atoms with Crippen LogP contribution in [0.15, 0.2) is 24.4 Å². The predicted octanol–water partition coefficient (Wildman–Crippen LogP) is 0.410. The Morgan fingerprint density at radius 2 is 2.33 bits per heavy atom. The molecule has 0 spiro atoms. The van der Waals surface area contributed by atoms with Crippen LogP contribution in [0.2, 0.25) is 0 Å². The van der Waals surface area contributed by atoms with E-state index in [0.717, 1.165) is 0 Å². The summed E-state index contributed by atoms with van der Waals surface area (Å²) in [5, 5.41) is 11.8. The second-order valence-electron chi connectivity index (χ2n) is 2.44. The van der Waals surface area contributed by atoms with Gasteiger partial charge in [0, 0.05) is 0 Å². The van der Waals surface area contributed by atoms with Crippen LogP contribution in [0.1, 0.15) is 6.92 Å². The number of aliphatic hydroxyl groups excluding tert-OH is 1. The maximum absolute atomic E-state index is 8.80. The Hall–Kier alpha value is -0.760. The molecule has 0 aromatic heterocycles. The number of aliphatic hydroxyl groups is 1. The average Bonchev–Trinajstić information content (AvgIpc) is 1.90. The normalized spacial score (nSPS) is 32.2. The molecule has 0 fully saturated rings. The standard InChI is InChI=1S/C7H11NO/c1-7(6-9)4-2-3-5-8-7/h2-5,8-9H,6H2,1H3/t7-/m1/s1. The summed E-state index contributed by atoms with van der Waals surface area (Å²) in [5.74, 6) is 0. The Balaban J connectivity index is 2.63. The Bertz CT molecular complexity index is 151. The molecule has 2 N–H and O–H groups in total. The molecule has 1 heterocycles. The third-order valence-corrected chi connectivity index (χ3v) is 1.41. The molecule has 0 aliphatic carbocycles. The highest BCUT2D eigenvalue weighted by Crippen LogP contribution is 2.07. The molecular formula is C7H11NO. The van der Waals surface area contributed by atoms with E-state index in [2.05, 4.69) is 5.32 Å². The van der Waals surface area contributed by atoms with Crippen LogP contribution in [0.4, 0.5) is 0 Å². The molecule has 0 saturated heterocycles. The minimum absolute atomic E-state index is 0.133. The fourth-order valence-electron chi connectivity index (χ4n) is 0.708. The predicted molar refractivity (Wildman–Crippen MR) is 36.9 cm³/mol. The third-order valence-electron chi connectivity index (χ3n) is 1.41. The van der Waals surface area contributed by atoms with Crippen molar-refractivity contribution < 1.29 is 5.11 Å². The Morgan fingerprint density at radius 1 is 1.56 bits per heavy atom. The van der Waals surface area contributed by atoms with Crippen LogP contribution in [0.25, 0.3) is 0 Å². The summed E-state index contributed by atoms with van der Waals surface area (Å²) in [6, 6.07) is 0. The first-order chi connectivity index (χ1) is 4.27. The van der Waals surface area contributed by atoms with Gasteiger partial charge in [0.1, 0.15) is 0 Å². The lowest BCUT2D eigenvalue weighted by Gasteiger charge is -2.25. The summed E-state index contributed by atoms with van der Waals surface area (Å²) in [7, 11) is 0. The van der Waals surface area contributed by atoms with E-state index in [0.29, 0.717) is 0 Å². The van der Waals surface area contributed by atoms with Gasteiger partial charge in [0.2, 0.25) is 0 Å². The smallest absolute Gasteiger partial charge is 0.0756 e. The molecule has 1 atom stereocenters. The lowest BCUT2D eigenvalue weighted by Crippen LogP contribution is -2.41. The van der Waals surface area contributed by atoms with E-state index in [9.17, 15) is 0 Å². The van der Waals surface area contributed by atoms with Crippen LogP contribution >= 0.6 is 0 Å². The number of hydrogen-bond acceptors (Lipinski definition) is 2. The quantitative estimate of drug-likeness (QED) is 0.532. The van der Waals surface area contributed by atoms with E-state index in [1.807, 2.05) is 31.4 Å². The zero-order chi connectivity index (χ0) is 6.74. The van der Waals surface area contributed by atoms with E-state index in [-0.39, 0.29) is 12.1 Å². The van der Waals surface area contributed by atoms with E-state index < -0.39 is 0 Å². The molecule has 0 bridgehead atoms. The summed E-state index contributed by atoms with van der Waals surface area (Å²) in [6.45, 7) is 2.07. The summed E-state index contributed by atoms with van der Waals surface area (Å²) < 4.78 is 0. The second kappa shape index (κ2) is 2.23. The van der Waals surface area contributed by atoms with Crippen LogP contribution in [0.3, 0.4) is 0 Å². The molecular weight excluding hydrogens is 114 g/mol. The fourth-order valence-corrected chi connectivity index (χ4v) is 0.708. The molecule has 2 nitrogen and oxygen atoms in total. The monoisotopic (exact) mass is 125 g/mol. The highest BCUT2D eigenvalue weighted by atomic mass is 16.3. The van der Waals surface area contributed by atoms with Crippen molar-refractivity contribution in [2.75, 3.05) is 6.61 Å². The van der Waals surface area contributed by atoms with Crippen molar-refractivity contribution in [3.8, 4) is 0 Å². The largest absolute Gasteiger partial charge is 0.394 e. The third kappa shape index (κ3) is 1.33. The van der Waals surface area contributed by atoms with Gasteiger partial charge in [-0.05, 0) is 19.2 Å². The number of nitrogens with one attached hydrogen (secondary N) is 1. The van der Waals surface area contributed by atoms with Crippen LogP contribution in [0.5, 0.6) is 0 Å². The first kappa shape index (κ1) is 6.36. The number of hydrogen-bond donors (Lipinski definition) is 2. The molecule has 50 valence electrons. The van der Waals surface area contributed by atoms with E-state index >= 15 is 0 Å². The second-order valence-corrected chi connectivity index (χ2v) is 2.44. The molecule has 0 radical (unpaired) electrons. The minimum Gasteiger partial charge on any atom is -0.394 e. The van der Waals surface area contributed by atoms with Gasteiger partial charge in [0.05, 0.1) is 12.1 Å². The summed E-state index contributed by atoms with van der Waals surface area (Å²) in [6.07, 6.45) is 7.59. The number of dihydropyridines is 1. The number of allylic oxidation sites excluding steroid dienone is 2. The molecule has 0 aromatic rings. The molecule has 0 saturated carbocycles. The number of rotatable bonds is 1. The topological polar surface area (TPSA) is 32.3 Å². The highest BCUT2D eigenvalue weighted by molar-refractivity contribution is 5.17. The molecule has 9 heavy (non-hydrogen) atoms.